The van der Waals surface area contributed by atoms with Crippen molar-refractivity contribution in [1.82, 2.24) is 29.7 Å². The Morgan fingerprint density at radius 3 is 2.56 bits per heavy atom. The highest BCUT2D eigenvalue weighted by Gasteiger charge is 2.62. The first-order valence-corrected chi connectivity index (χ1v) is 22.3. The average Bonchev–Trinajstić information content (AvgIpc) is 3.97. The van der Waals surface area contributed by atoms with Crippen LogP contribution in [-0.2, 0) is 31.0 Å². The van der Waals surface area contributed by atoms with Crippen LogP contribution in [0.1, 0.15) is 108 Å². The number of aryl methyl sites for hydroxylation is 2. The van der Waals surface area contributed by atoms with Crippen molar-refractivity contribution in [2.45, 2.75) is 134 Å². The number of amides is 3. The molecular formula is C43H56N6O9S. The summed E-state index contributed by atoms with van der Waals surface area (Å²) in [6.07, 6.45) is 9.07. The third-order valence-corrected chi connectivity index (χ3v) is 14.5. The van der Waals surface area contributed by atoms with Crippen LogP contribution < -0.4 is 24.2 Å². The summed E-state index contributed by atoms with van der Waals surface area (Å²) in [6, 6.07) is 4.98. The van der Waals surface area contributed by atoms with Crippen LogP contribution in [0.3, 0.4) is 0 Å². The molecule has 3 aromatic rings. The second-order valence-electron chi connectivity index (χ2n) is 17.0. The normalized spacial score (nSPS) is 26.3. The number of nitrogens with zero attached hydrogens (tertiary/aromatic N) is 4. The second-order valence-corrected chi connectivity index (χ2v) is 19.2. The van der Waals surface area contributed by atoms with Crippen LogP contribution in [-0.4, -0.2) is 94.3 Å². The van der Waals surface area contributed by atoms with E-state index < -0.39 is 56.1 Å². The van der Waals surface area contributed by atoms with Gasteiger partial charge in [-0.3, -0.25) is 28.6 Å². The van der Waals surface area contributed by atoms with Crippen molar-refractivity contribution in [1.29, 1.82) is 0 Å². The average molecular weight is 833 g/mol. The minimum absolute atomic E-state index is 0.0145. The molecule has 1 saturated heterocycles. The summed E-state index contributed by atoms with van der Waals surface area (Å²) in [7, 11) is -2.38. The maximum atomic E-state index is 14.8. The number of carbonyl (C=O) groups excluding carboxylic acids is 4. The molecule has 0 spiro atoms. The third-order valence-electron chi connectivity index (χ3n) is 12.3. The Morgan fingerprint density at radius 1 is 1.08 bits per heavy atom. The van der Waals surface area contributed by atoms with Crippen LogP contribution in [0.15, 0.2) is 42.6 Å². The highest BCUT2D eigenvalue weighted by molar-refractivity contribution is 7.91. The van der Waals surface area contributed by atoms with Crippen LogP contribution >= 0.6 is 0 Å². The molecule has 1 aromatic carbocycles. The van der Waals surface area contributed by atoms with E-state index >= 15 is 0 Å². The number of carbonyl (C=O) groups is 4. The zero-order valence-electron chi connectivity index (χ0n) is 34.8. The van der Waals surface area contributed by atoms with Crippen molar-refractivity contribution in [2.24, 2.45) is 11.3 Å². The molecule has 2 aromatic heterocycles. The number of benzene rings is 1. The first kappa shape index (κ1) is 42.1. The zero-order chi connectivity index (χ0) is 42.3. The molecule has 0 unspecified atom stereocenters. The molecular weight excluding hydrogens is 777 g/mol. The lowest BCUT2D eigenvalue weighted by atomic mass is 9.91. The van der Waals surface area contributed by atoms with Gasteiger partial charge in [-0.2, -0.15) is 5.10 Å². The van der Waals surface area contributed by atoms with Gasteiger partial charge in [-0.1, -0.05) is 25.0 Å². The number of hydrogen-bond acceptors (Lipinski definition) is 11. The summed E-state index contributed by atoms with van der Waals surface area (Å²) in [6.45, 7) is 9.78. The number of ether oxygens (including phenoxy) is 3. The highest BCUT2D eigenvalue weighted by Crippen LogP contribution is 2.57. The van der Waals surface area contributed by atoms with Crippen LogP contribution in [0, 0.1) is 18.3 Å². The van der Waals surface area contributed by atoms with E-state index in [4.69, 9.17) is 19.2 Å². The fraction of sp³-hybridized carbons (Fsp3) is 0.581. The van der Waals surface area contributed by atoms with Gasteiger partial charge in [0, 0.05) is 42.6 Å². The third kappa shape index (κ3) is 8.69. The van der Waals surface area contributed by atoms with Gasteiger partial charge in [0.25, 0.3) is 5.91 Å². The number of aromatic nitrogens is 3. The molecule has 0 radical (unpaired) electrons. The highest BCUT2D eigenvalue weighted by atomic mass is 32.2. The predicted molar refractivity (Wildman–Crippen MR) is 220 cm³/mol. The molecule has 3 amide bonds. The molecule has 7 rings (SSSR count). The Morgan fingerprint density at radius 2 is 1.86 bits per heavy atom. The maximum Gasteiger partial charge on any atom is 0.272 e. The number of rotatable bonds is 11. The Labute approximate surface area is 345 Å². The summed E-state index contributed by atoms with van der Waals surface area (Å²) < 4.78 is 47.8. The van der Waals surface area contributed by atoms with E-state index in [2.05, 4.69) is 15.1 Å². The number of fused-ring (bicyclic) bond motifs is 3. The molecule has 318 valence electrons. The number of hydrogen-bond donors (Lipinski definition) is 2. The first-order valence-electron chi connectivity index (χ1n) is 20.8. The monoisotopic (exact) mass is 832 g/mol. The van der Waals surface area contributed by atoms with Crippen molar-refractivity contribution in [3.8, 4) is 17.4 Å². The van der Waals surface area contributed by atoms with E-state index in [0.717, 1.165) is 18.4 Å². The van der Waals surface area contributed by atoms with Gasteiger partial charge in [0.15, 0.2) is 5.78 Å². The number of allylic oxidation sites excluding steroid dienone is 2. The molecule has 15 nitrogen and oxygen atoms in total. The van der Waals surface area contributed by atoms with Crippen LogP contribution in [0.4, 0.5) is 0 Å². The summed E-state index contributed by atoms with van der Waals surface area (Å²) >= 11 is 0. The van der Waals surface area contributed by atoms with Crippen LogP contribution in [0.5, 0.6) is 17.4 Å². The molecule has 2 saturated carbocycles. The lowest BCUT2D eigenvalue weighted by molar-refractivity contribution is -0.140. The molecule has 16 heteroatoms. The van der Waals surface area contributed by atoms with Gasteiger partial charge in [-0.25, -0.2) is 13.4 Å². The molecule has 0 bridgehead atoms. The maximum absolute atomic E-state index is 14.8. The van der Waals surface area contributed by atoms with Gasteiger partial charge in [-0.05, 0) is 97.3 Å². The largest absolute Gasteiger partial charge is 0.496 e. The second kappa shape index (κ2) is 16.6. The molecule has 2 aliphatic carbocycles. The van der Waals surface area contributed by atoms with Gasteiger partial charge in [0.2, 0.25) is 27.7 Å². The molecule has 4 aliphatic rings. The SMILES string of the molecule is CCn1ccc(C(=O)N[C@H]2CCCCC/C=C\[C@H]3C[C@@]3(C(=O)NS(=O)(=O)C3(C)CC3)CC(=O)[C@@H]3C[C@@H](Oc4cc(OC(C)C)nc5c(C)c(OC)ccc45)CN3C2=O)n1. The fourth-order valence-electron chi connectivity index (χ4n) is 8.34. The minimum Gasteiger partial charge on any atom is -0.496 e. The molecule has 5 atom stereocenters. The Kier molecular flexibility index (Phi) is 11.8. The van der Waals surface area contributed by atoms with E-state index in [1.165, 1.54) is 4.90 Å². The number of sulfonamides is 1. The topological polar surface area (TPSA) is 188 Å². The van der Waals surface area contributed by atoms with E-state index in [1.54, 1.807) is 37.0 Å². The van der Waals surface area contributed by atoms with Gasteiger partial charge in [0.1, 0.15) is 29.3 Å². The van der Waals surface area contributed by atoms with Crippen LogP contribution in [0.2, 0.25) is 0 Å². The van der Waals surface area contributed by atoms with Crippen molar-refractivity contribution in [2.75, 3.05) is 13.7 Å². The van der Waals surface area contributed by atoms with E-state index in [0.29, 0.717) is 73.4 Å². The summed E-state index contributed by atoms with van der Waals surface area (Å²) in [5.74, 6) is -0.925. The minimum atomic E-state index is -3.97. The van der Waals surface area contributed by atoms with E-state index in [1.807, 2.05) is 52.0 Å². The van der Waals surface area contributed by atoms with Crippen molar-refractivity contribution >= 4 is 44.4 Å². The lowest BCUT2D eigenvalue weighted by Gasteiger charge is -2.29. The van der Waals surface area contributed by atoms with Crippen molar-refractivity contribution in [3.63, 3.8) is 0 Å². The van der Waals surface area contributed by atoms with Crippen molar-refractivity contribution in [3.05, 3.63) is 53.9 Å². The Hall–Kier alpha value is -4.99. The lowest BCUT2D eigenvalue weighted by Crippen LogP contribution is -2.52. The molecule has 3 fully saturated rings. The van der Waals surface area contributed by atoms with Gasteiger partial charge in [0.05, 0.1) is 41.5 Å². The predicted octanol–water partition coefficient (Wildman–Crippen LogP) is 5.19. The molecule has 4 heterocycles. The van der Waals surface area contributed by atoms with Crippen LogP contribution in [0.25, 0.3) is 10.9 Å². The molecule has 2 N–H and O–H groups in total. The van der Waals surface area contributed by atoms with Gasteiger partial charge >= 0.3 is 0 Å². The number of Topliss-reactive ketones (excluding diaryl/α,β-unsaturated/α-hetero) is 1. The van der Waals surface area contributed by atoms with Crippen molar-refractivity contribution < 1.29 is 41.8 Å². The van der Waals surface area contributed by atoms with E-state index in [-0.39, 0.29) is 42.9 Å². The first-order chi connectivity index (χ1) is 28.1. The summed E-state index contributed by atoms with van der Waals surface area (Å²) in [5.41, 5.74) is 0.285. The number of pyridine rings is 1. The molecule has 2 aliphatic heterocycles. The van der Waals surface area contributed by atoms with Gasteiger partial charge in [-0.15, -0.1) is 0 Å². The standard InChI is InChI=1S/C43H56N6O9S/c1-7-48-20-17-31(46-48)39(51)44-32-14-12-10-8-9-11-13-28-23-43(28,41(53)47-59(54,55)42(5)18-19-42)24-34(50)33-21-29(25-49(33)40(32)52)58-36-22-37(57-26(2)3)45-38-27(4)35(56-6)16-15-30(36)38/h11,13,15-17,20,22,26,28-29,32-33H,7-10,12,14,18-19,21,23-25H2,1-6H3,(H,44,51)(H,47,53)/b13-11-/t28-,29+,32-,33-,43+/m0/s1. The fourth-order valence-corrected chi connectivity index (χ4v) is 9.67. The smallest absolute Gasteiger partial charge is 0.272 e. The number of nitrogens with one attached hydrogen (secondary N) is 2. The zero-order valence-corrected chi connectivity index (χ0v) is 35.6. The molecule has 59 heavy (non-hydrogen) atoms. The summed E-state index contributed by atoms with van der Waals surface area (Å²) in [5, 5.41) is 7.94. The number of methoxy groups -OCH3 is 1. The Balaban J connectivity index is 1.23. The number of ketones is 1. The van der Waals surface area contributed by atoms with E-state index in [9.17, 15) is 27.6 Å². The quantitative estimate of drug-likeness (QED) is 0.242. The summed E-state index contributed by atoms with van der Waals surface area (Å²) in [4.78, 5) is 63.4. The Bertz CT molecular complexity index is 2270. The van der Waals surface area contributed by atoms with Gasteiger partial charge < -0.3 is 24.4 Å².